The number of pyridine rings is 1. The first-order valence-electron chi connectivity index (χ1n) is 20.1. The summed E-state index contributed by atoms with van der Waals surface area (Å²) >= 11 is 0. The summed E-state index contributed by atoms with van der Waals surface area (Å²) in [6.45, 7) is 21.6. The third kappa shape index (κ3) is 8.35. The number of rotatable bonds is 9. The topological polar surface area (TPSA) is 69.1 Å². The number of piperidine rings is 2. The summed E-state index contributed by atoms with van der Waals surface area (Å²) in [4.78, 5) is 26.1. The number of carboxylic acid groups (broad SMARTS) is 1. The maximum Gasteiger partial charge on any atom is 0.337 e. The van der Waals surface area contributed by atoms with Crippen molar-refractivity contribution in [2.75, 3.05) is 37.6 Å². The fraction of sp³-hybridized carbons (Fsp3) is 0.600. The van der Waals surface area contributed by atoms with Gasteiger partial charge in [-0.25, -0.2) is 9.18 Å². The molecule has 8 heteroatoms. The molecule has 1 atom stereocenters. The number of ether oxygens (including phenoxy) is 1. The Hall–Kier alpha value is -3.33. The molecule has 1 spiro atoms. The van der Waals surface area contributed by atoms with E-state index in [-0.39, 0.29) is 11.2 Å². The number of carbonyl (C=O) groups is 1. The Bertz CT molecular complexity index is 1820. The molecule has 4 heterocycles. The summed E-state index contributed by atoms with van der Waals surface area (Å²) in [5.74, 6) is -1.17. The van der Waals surface area contributed by atoms with Gasteiger partial charge in [-0.15, -0.1) is 0 Å². The van der Waals surface area contributed by atoms with Gasteiger partial charge in [-0.05, 0) is 143 Å². The van der Waals surface area contributed by atoms with Crippen molar-refractivity contribution < 1.29 is 19.0 Å². The number of halogens is 1. The number of aryl methyl sites for hydroxylation is 2. The van der Waals surface area contributed by atoms with E-state index in [2.05, 4.69) is 46.7 Å². The zero-order valence-corrected chi connectivity index (χ0v) is 33.3. The number of anilines is 1. The molecule has 2 saturated heterocycles. The predicted molar refractivity (Wildman–Crippen MR) is 211 cm³/mol. The lowest BCUT2D eigenvalue weighted by molar-refractivity contribution is -0.160. The Morgan fingerprint density at radius 3 is 2.25 bits per heavy atom. The number of fused-ring (bicyclic) bond motifs is 1. The molecule has 2 aromatic carbocycles. The third-order valence-electron chi connectivity index (χ3n) is 12.9. The minimum Gasteiger partial charge on any atom is -0.479 e. The molecular weight excluding hydrogens is 664 g/mol. The average molecular weight is 725 g/mol. The average Bonchev–Trinajstić information content (AvgIpc) is 3.07. The van der Waals surface area contributed by atoms with Crippen molar-refractivity contribution in [1.29, 1.82) is 0 Å². The van der Waals surface area contributed by atoms with Gasteiger partial charge in [0.25, 0.3) is 0 Å². The van der Waals surface area contributed by atoms with E-state index in [0.717, 1.165) is 111 Å². The number of benzene rings is 2. The van der Waals surface area contributed by atoms with Crippen LogP contribution in [-0.4, -0.2) is 64.2 Å². The third-order valence-corrected chi connectivity index (χ3v) is 12.9. The molecule has 3 aromatic rings. The van der Waals surface area contributed by atoms with Crippen LogP contribution in [0.15, 0.2) is 36.4 Å². The molecule has 7 nitrogen and oxygen atoms in total. The Kier molecular flexibility index (Phi) is 10.5. The van der Waals surface area contributed by atoms with Crippen molar-refractivity contribution in [3.63, 3.8) is 0 Å². The molecule has 0 radical (unpaired) electrons. The van der Waals surface area contributed by atoms with Crippen molar-refractivity contribution in [1.82, 2.24) is 14.8 Å². The van der Waals surface area contributed by atoms with Gasteiger partial charge in [-0.1, -0.05) is 44.5 Å². The van der Waals surface area contributed by atoms with E-state index >= 15 is 0 Å². The molecule has 1 aliphatic carbocycles. The normalized spacial score (nSPS) is 20.9. The molecule has 1 saturated carbocycles. The lowest BCUT2D eigenvalue weighted by Crippen LogP contribution is -2.43. The predicted octanol–water partition coefficient (Wildman–Crippen LogP) is 9.40. The fourth-order valence-electron chi connectivity index (χ4n) is 9.30. The smallest absolute Gasteiger partial charge is 0.337 e. The summed E-state index contributed by atoms with van der Waals surface area (Å²) in [7, 11) is 0. The number of nitrogens with zero attached hydrogens (tertiary/aromatic N) is 4. The molecular formula is C45H61FN4O3. The molecule has 1 aromatic heterocycles. The van der Waals surface area contributed by atoms with Gasteiger partial charge < -0.3 is 14.7 Å². The SMILES string of the molecule is Cc1cc(F)ccc1CN1CCc2cc(-c3c(CN4CCC5(CCC5)CC4)nc(C)c([C@H](OC(C)(C)C)C(=O)O)c3N3CCC(C)(C)CC3)ccc2C1. The Morgan fingerprint density at radius 1 is 0.906 bits per heavy atom. The maximum atomic E-state index is 13.8. The molecule has 3 fully saturated rings. The number of aliphatic carboxylic acids is 1. The second-order valence-corrected chi connectivity index (χ2v) is 18.5. The zero-order valence-electron chi connectivity index (χ0n) is 33.3. The second-order valence-electron chi connectivity index (χ2n) is 18.5. The number of likely N-dealkylation sites (tertiary alicyclic amines) is 1. The number of hydrogen-bond donors (Lipinski definition) is 1. The molecule has 0 amide bonds. The largest absolute Gasteiger partial charge is 0.479 e. The second kappa shape index (κ2) is 14.7. The standard InChI is InChI=1S/C45H61FN4O3/c1-30-25-36(46)12-11-34(30)27-49-20-13-32-26-33(9-10-35(32)28-49)39-37(29-48-21-18-45(19-22-48)14-8-15-45)47-31(2)38(41(42(51)52)53-43(3,4)5)40(39)50-23-16-44(6,7)17-24-50/h9-12,25-26,41H,8,13-24,27-29H2,1-7H3,(H,51,52)/t41-/m0/s1. The van der Waals surface area contributed by atoms with Crippen LogP contribution in [0.4, 0.5) is 10.1 Å². The van der Waals surface area contributed by atoms with Gasteiger partial charge in [-0.2, -0.15) is 0 Å². The van der Waals surface area contributed by atoms with Crippen LogP contribution >= 0.6 is 0 Å². The van der Waals surface area contributed by atoms with Crippen molar-refractivity contribution in [3.8, 4) is 11.1 Å². The van der Waals surface area contributed by atoms with E-state index in [1.54, 1.807) is 12.1 Å². The molecule has 7 rings (SSSR count). The lowest BCUT2D eigenvalue weighted by atomic mass is 9.63. The molecule has 1 N–H and O–H groups in total. The van der Waals surface area contributed by atoms with Crippen molar-refractivity contribution in [2.45, 2.75) is 131 Å². The zero-order chi connectivity index (χ0) is 37.7. The van der Waals surface area contributed by atoms with E-state index in [4.69, 9.17) is 9.72 Å². The van der Waals surface area contributed by atoms with Gasteiger partial charge in [0, 0.05) is 56.1 Å². The first-order valence-corrected chi connectivity index (χ1v) is 20.1. The van der Waals surface area contributed by atoms with E-state index in [1.165, 1.54) is 43.2 Å². The Balaban J connectivity index is 1.32. The van der Waals surface area contributed by atoms with E-state index in [9.17, 15) is 14.3 Å². The highest BCUT2D eigenvalue weighted by atomic mass is 19.1. The summed E-state index contributed by atoms with van der Waals surface area (Å²) in [6.07, 6.45) is 8.44. The first-order chi connectivity index (χ1) is 25.1. The van der Waals surface area contributed by atoms with Gasteiger partial charge in [0.05, 0.1) is 17.0 Å². The molecule has 0 bridgehead atoms. The van der Waals surface area contributed by atoms with E-state index in [0.29, 0.717) is 11.0 Å². The number of carboxylic acids is 1. The van der Waals surface area contributed by atoms with Crippen LogP contribution in [0.25, 0.3) is 11.1 Å². The highest BCUT2D eigenvalue weighted by Crippen LogP contribution is 2.50. The van der Waals surface area contributed by atoms with Crippen LogP contribution in [0.3, 0.4) is 0 Å². The van der Waals surface area contributed by atoms with Crippen molar-refractivity contribution in [3.05, 3.63) is 81.4 Å². The molecule has 3 aliphatic heterocycles. The van der Waals surface area contributed by atoms with E-state index in [1.807, 2.05) is 40.7 Å². The summed E-state index contributed by atoms with van der Waals surface area (Å²) in [6, 6.07) is 12.0. The van der Waals surface area contributed by atoms with Crippen LogP contribution in [0.5, 0.6) is 0 Å². The van der Waals surface area contributed by atoms with Gasteiger partial charge in [0.2, 0.25) is 0 Å². The Morgan fingerprint density at radius 2 is 1.62 bits per heavy atom. The first kappa shape index (κ1) is 38.0. The molecule has 0 unspecified atom stereocenters. The monoisotopic (exact) mass is 724 g/mol. The van der Waals surface area contributed by atoms with Crippen molar-refractivity contribution >= 4 is 11.7 Å². The van der Waals surface area contributed by atoms with Gasteiger partial charge in [0.15, 0.2) is 6.10 Å². The van der Waals surface area contributed by atoms with Crippen LogP contribution in [-0.2, 0) is 35.6 Å². The maximum absolute atomic E-state index is 13.8. The molecule has 53 heavy (non-hydrogen) atoms. The minimum atomic E-state index is -1.14. The van der Waals surface area contributed by atoms with Crippen LogP contribution in [0.2, 0.25) is 0 Å². The van der Waals surface area contributed by atoms with Crippen molar-refractivity contribution in [2.24, 2.45) is 10.8 Å². The quantitative estimate of drug-likeness (QED) is 0.236. The highest BCUT2D eigenvalue weighted by molar-refractivity contribution is 5.88. The Labute approximate surface area is 316 Å². The molecule has 4 aliphatic rings. The summed E-state index contributed by atoms with van der Waals surface area (Å²) < 4.78 is 20.3. The number of aromatic nitrogens is 1. The lowest BCUT2D eigenvalue weighted by Gasteiger charge is -2.48. The number of hydrogen-bond acceptors (Lipinski definition) is 6. The van der Waals surface area contributed by atoms with Gasteiger partial charge in [0.1, 0.15) is 5.82 Å². The summed E-state index contributed by atoms with van der Waals surface area (Å²) in [5.41, 5.74) is 10.6. The van der Waals surface area contributed by atoms with Crippen LogP contribution in [0, 0.1) is 30.5 Å². The van der Waals surface area contributed by atoms with Gasteiger partial charge in [-0.3, -0.25) is 14.8 Å². The highest BCUT2D eigenvalue weighted by Gasteiger charge is 2.41. The summed E-state index contributed by atoms with van der Waals surface area (Å²) in [5, 5.41) is 10.8. The molecule has 286 valence electrons. The fourth-order valence-corrected chi connectivity index (χ4v) is 9.30. The van der Waals surface area contributed by atoms with Crippen LogP contribution < -0.4 is 4.90 Å². The minimum absolute atomic E-state index is 0.189. The van der Waals surface area contributed by atoms with Crippen LogP contribution in [0.1, 0.15) is 125 Å². The van der Waals surface area contributed by atoms with E-state index < -0.39 is 17.7 Å². The van der Waals surface area contributed by atoms with Gasteiger partial charge >= 0.3 is 5.97 Å².